The van der Waals surface area contributed by atoms with E-state index < -0.39 is 0 Å². The predicted octanol–water partition coefficient (Wildman–Crippen LogP) is 0.602. The third-order valence-electron chi connectivity index (χ3n) is 5.56. The fourth-order valence-corrected chi connectivity index (χ4v) is 3.82. The Labute approximate surface area is 164 Å². The highest BCUT2D eigenvalue weighted by atomic mass is 16.7. The first-order valence-corrected chi connectivity index (χ1v) is 9.93. The molecule has 1 atom stereocenters. The maximum Gasteiger partial charge on any atom is 0.231 e. The molecule has 0 saturated carbocycles. The summed E-state index contributed by atoms with van der Waals surface area (Å²) in [4.78, 5) is 29.0. The van der Waals surface area contributed by atoms with Crippen LogP contribution in [0.25, 0.3) is 0 Å². The lowest BCUT2D eigenvalue weighted by Gasteiger charge is -2.34. The van der Waals surface area contributed by atoms with Gasteiger partial charge in [-0.3, -0.25) is 14.5 Å². The number of rotatable bonds is 6. The molecule has 2 amide bonds. The summed E-state index contributed by atoms with van der Waals surface area (Å²) in [5.41, 5.74) is 0.966. The van der Waals surface area contributed by atoms with Crippen LogP contribution in [0.5, 0.6) is 11.5 Å². The van der Waals surface area contributed by atoms with Crippen LogP contribution in [0.2, 0.25) is 0 Å². The molecule has 1 unspecified atom stereocenters. The number of nitrogens with one attached hydrogen (secondary N) is 1. The van der Waals surface area contributed by atoms with E-state index in [1.807, 2.05) is 23.1 Å². The lowest BCUT2D eigenvalue weighted by molar-refractivity contribution is -0.138. The van der Waals surface area contributed by atoms with Crippen LogP contribution in [-0.4, -0.2) is 74.3 Å². The molecule has 3 aliphatic heterocycles. The number of likely N-dealkylation sites (tertiary alicyclic amines) is 1. The van der Waals surface area contributed by atoms with E-state index in [-0.39, 0.29) is 24.5 Å². The van der Waals surface area contributed by atoms with Crippen LogP contribution in [0.3, 0.4) is 0 Å². The van der Waals surface area contributed by atoms with Crippen molar-refractivity contribution in [2.24, 2.45) is 5.92 Å². The molecule has 8 nitrogen and oxygen atoms in total. The number of benzene rings is 1. The Hall–Kier alpha value is -2.32. The van der Waals surface area contributed by atoms with Crippen molar-refractivity contribution in [2.75, 3.05) is 52.7 Å². The van der Waals surface area contributed by atoms with Gasteiger partial charge < -0.3 is 24.4 Å². The first-order valence-electron chi connectivity index (χ1n) is 9.93. The molecular weight excluding hydrogens is 362 g/mol. The highest BCUT2D eigenvalue weighted by Crippen LogP contribution is 2.32. The zero-order chi connectivity index (χ0) is 19.3. The summed E-state index contributed by atoms with van der Waals surface area (Å²) < 4.78 is 16.0. The second kappa shape index (κ2) is 8.79. The quantitative estimate of drug-likeness (QED) is 0.768. The fraction of sp³-hybridized carbons (Fsp3) is 0.600. The Kier molecular flexibility index (Phi) is 5.97. The largest absolute Gasteiger partial charge is 0.454 e. The first kappa shape index (κ1) is 19.0. The Morgan fingerprint density at radius 2 is 1.96 bits per heavy atom. The van der Waals surface area contributed by atoms with Crippen molar-refractivity contribution in [2.45, 2.75) is 19.4 Å². The van der Waals surface area contributed by atoms with Crippen LogP contribution in [0.4, 0.5) is 0 Å². The molecule has 0 aromatic heterocycles. The minimum atomic E-state index is -0.156. The van der Waals surface area contributed by atoms with Crippen molar-refractivity contribution in [1.29, 1.82) is 0 Å². The minimum Gasteiger partial charge on any atom is -0.454 e. The molecule has 2 fully saturated rings. The molecule has 0 spiro atoms. The fourth-order valence-electron chi connectivity index (χ4n) is 3.82. The first-order chi connectivity index (χ1) is 13.7. The molecule has 4 rings (SSSR count). The van der Waals surface area contributed by atoms with Gasteiger partial charge in [0.1, 0.15) is 0 Å². The van der Waals surface area contributed by atoms with Crippen molar-refractivity contribution in [3.8, 4) is 11.5 Å². The molecule has 152 valence electrons. The van der Waals surface area contributed by atoms with Crippen molar-refractivity contribution in [3.05, 3.63) is 23.8 Å². The third kappa shape index (κ3) is 4.56. The second-order valence-corrected chi connectivity index (χ2v) is 7.43. The van der Waals surface area contributed by atoms with E-state index in [0.717, 1.165) is 44.2 Å². The number of hydrogen-bond donors (Lipinski definition) is 1. The Morgan fingerprint density at radius 1 is 1.14 bits per heavy atom. The number of nitrogens with zero attached hydrogens (tertiary/aromatic N) is 2. The molecule has 2 saturated heterocycles. The molecular formula is C20H27N3O5. The van der Waals surface area contributed by atoms with Gasteiger partial charge in [-0.1, -0.05) is 6.07 Å². The van der Waals surface area contributed by atoms with Crippen molar-refractivity contribution in [3.63, 3.8) is 0 Å². The van der Waals surface area contributed by atoms with Crippen molar-refractivity contribution >= 4 is 11.8 Å². The summed E-state index contributed by atoms with van der Waals surface area (Å²) in [5, 5.41) is 3.00. The summed E-state index contributed by atoms with van der Waals surface area (Å²) >= 11 is 0. The number of hydrogen-bond acceptors (Lipinski definition) is 6. The third-order valence-corrected chi connectivity index (χ3v) is 5.56. The number of morpholine rings is 1. The standard InChI is InChI=1S/C20H27N3O5/c24-19-4-2-16(13-23(19)6-5-22-7-9-26-10-8-22)20(25)21-12-15-1-3-17-18(11-15)28-14-27-17/h1,3,11,16H,2,4-10,12-14H2,(H,21,25). The average molecular weight is 389 g/mol. The van der Waals surface area contributed by atoms with Gasteiger partial charge >= 0.3 is 0 Å². The molecule has 8 heteroatoms. The van der Waals surface area contributed by atoms with Crippen LogP contribution < -0.4 is 14.8 Å². The molecule has 1 N–H and O–H groups in total. The molecule has 3 heterocycles. The van der Waals surface area contributed by atoms with E-state index in [1.54, 1.807) is 0 Å². The maximum atomic E-state index is 12.6. The van der Waals surface area contributed by atoms with Crippen LogP contribution in [-0.2, 0) is 20.9 Å². The topological polar surface area (TPSA) is 80.3 Å². The Balaban J connectivity index is 1.26. The van der Waals surface area contributed by atoms with Gasteiger partial charge in [-0.25, -0.2) is 0 Å². The molecule has 0 bridgehead atoms. The summed E-state index contributed by atoms with van der Waals surface area (Å²) in [5.74, 6) is 1.44. The number of carbonyl (C=O) groups is 2. The second-order valence-electron chi connectivity index (χ2n) is 7.43. The van der Waals surface area contributed by atoms with Gasteiger partial charge in [0.2, 0.25) is 18.6 Å². The van der Waals surface area contributed by atoms with Crippen LogP contribution >= 0.6 is 0 Å². The van der Waals surface area contributed by atoms with Crippen LogP contribution in [0.1, 0.15) is 18.4 Å². The van der Waals surface area contributed by atoms with Crippen LogP contribution in [0.15, 0.2) is 18.2 Å². The normalized spacial score (nSPS) is 22.4. The zero-order valence-electron chi connectivity index (χ0n) is 16.0. The van der Waals surface area contributed by atoms with E-state index in [4.69, 9.17) is 14.2 Å². The summed E-state index contributed by atoms with van der Waals surface area (Å²) in [6.07, 6.45) is 1.05. The lowest BCUT2D eigenvalue weighted by Crippen LogP contribution is -2.49. The molecule has 0 radical (unpaired) electrons. The SMILES string of the molecule is O=C(NCc1ccc2c(c1)OCO2)C1CCC(=O)N(CCN2CCOCC2)C1. The highest BCUT2D eigenvalue weighted by molar-refractivity contribution is 5.83. The van der Waals surface area contributed by atoms with E-state index in [0.29, 0.717) is 38.2 Å². The highest BCUT2D eigenvalue weighted by Gasteiger charge is 2.30. The molecule has 0 aliphatic carbocycles. The molecule has 28 heavy (non-hydrogen) atoms. The predicted molar refractivity (Wildman–Crippen MR) is 101 cm³/mol. The Bertz CT molecular complexity index is 720. The monoisotopic (exact) mass is 389 g/mol. The number of carbonyl (C=O) groups excluding carboxylic acids is 2. The molecule has 1 aromatic rings. The molecule has 3 aliphatic rings. The molecule has 1 aromatic carbocycles. The van der Waals surface area contributed by atoms with Gasteiger partial charge in [-0.2, -0.15) is 0 Å². The van der Waals surface area contributed by atoms with Crippen molar-refractivity contribution in [1.82, 2.24) is 15.1 Å². The van der Waals surface area contributed by atoms with Gasteiger partial charge in [-0.05, 0) is 24.1 Å². The lowest BCUT2D eigenvalue weighted by atomic mass is 9.96. The average Bonchev–Trinajstić information content (AvgIpc) is 3.20. The summed E-state index contributed by atoms with van der Waals surface area (Å²) in [6, 6.07) is 5.67. The summed E-state index contributed by atoms with van der Waals surface area (Å²) in [6.45, 7) is 5.98. The van der Waals surface area contributed by atoms with Gasteiger partial charge in [0.15, 0.2) is 11.5 Å². The smallest absolute Gasteiger partial charge is 0.231 e. The zero-order valence-corrected chi connectivity index (χ0v) is 16.0. The van der Waals surface area contributed by atoms with Gasteiger partial charge in [-0.15, -0.1) is 0 Å². The van der Waals surface area contributed by atoms with Crippen molar-refractivity contribution < 1.29 is 23.8 Å². The van der Waals surface area contributed by atoms with E-state index in [1.165, 1.54) is 0 Å². The maximum absolute atomic E-state index is 12.6. The summed E-state index contributed by atoms with van der Waals surface area (Å²) in [7, 11) is 0. The Morgan fingerprint density at radius 3 is 2.82 bits per heavy atom. The van der Waals surface area contributed by atoms with Gasteiger partial charge in [0.25, 0.3) is 0 Å². The number of fused-ring (bicyclic) bond motifs is 1. The number of amides is 2. The van der Waals surface area contributed by atoms with Gasteiger partial charge in [0, 0.05) is 45.7 Å². The number of piperidine rings is 1. The number of ether oxygens (including phenoxy) is 3. The van der Waals surface area contributed by atoms with E-state index in [2.05, 4.69) is 10.2 Å². The van der Waals surface area contributed by atoms with Gasteiger partial charge in [0.05, 0.1) is 19.1 Å². The minimum absolute atomic E-state index is 0.00143. The van der Waals surface area contributed by atoms with E-state index >= 15 is 0 Å². The van der Waals surface area contributed by atoms with E-state index in [9.17, 15) is 9.59 Å². The van der Waals surface area contributed by atoms with Crippen LogP contribution in [0, 0.1) is 5.92 Å².